The maximum absolute atomic E-state index is 12.8. The molecule has 2 heteroatoms. The summed E-state index contributed by atoms with van der Waals surface area (Å²) in [4.78, 5) is 5.10. The molecule has 0 bridgehead atoms. The van der Waals surface area contributed by atoms with Gasteiger partial charge in [-0.2, -0.15) is 0 Å². The molecule has 0 fully saturated rings. The molecule has 5 rings (SSSR count). The van der Waals surface area contributed by atoms with Crippen molar-refractivity contribution in [2.24, 2.45) is 4.99 Å². The number of para-hydroxylation sites is 1. The van der Waals surface area contributed by atoms with Crippen LogP contribution in [0.5, 0.6) is 0 Å². The molecule has 1 aliphatic rings. The summed E-state index contributed by atoms with van der Waals surface area (Å²) >= 11 is 0. The highest BCUT2D eigenvalue weighted by molar-refractivity contribution is 6.24. The van der Waals surface area contributed by atoms with Gasteiger partial charge in [-0.25, -0.2) is 4.99 Å². The summed E-state index contributed by atoms with van der Waals surface area (Å²) in [5, 5.41) is 15.1. The van der Waals surface area contributed by atoms with Crippen molar-refractivity contribution in [3.8, 4) is 0 Å². The van der Waals surface area contributed by atoms with E-state index in [-0.39, 0.29) is 11.8 Å². The fraction of sp³-hybridized carbons (Fsp3) is 0.233. The van der Waals surface area contributed by atoms with E-state index in [1.165, 1.54) is 11.1 Å². The molecule has 32 heavy (non-hydrogen) atoms. The molecule has 2 nitrogen and oxygen atoms in total. The van der Waals surface area contributed by atoms with Gasteiger partial charge in [0.05, 0.1) is 11.4 Å². The van der Waals surface area contributed by atoms with E-state index >= 15 is 0 Å². The van der Waals surface area contributed by atoms with Gasteiger partial charge in [0, 0.05) is 16.7 Å². The summed E-state index contributed by atoms with van der Waals surface area (Å²) in [5.41, 5.74) is 5.51. The summed E-state index contributed by atoms with van der Waals surface area (Å²) in [5.74, 6) is 0.544. The molecule has 0 saturated heterocycles. The molecular formula is C30H29NO. The molecule has 1 aliphatic carbocycles. The Kier molecular flexibility index (Phi) is 4.98. The van der Waals surface area contributed by atoms with Gasteiger partial charge in [0.25, 0.3) is 0 Å². The van der Waals surface area contributed by atoms with E-state index in [9.17, 15) is 5.11 Å². The fourth-order valence-electron chi connectivity index (χ4n) is 5.16. The van der Waals surface area contributed by atoms with Crippen LogP contribution < -0.4 is 0 Å². The summed E-state index contributed by atoms with van der Waals surface area (Å²) < 4.78 is 0. The highest BCUT2D eigenvalue weighted by Gasteiger charge is 2.48. The van der Waals surface area contributed by atoms with Crippen LogP contribution in [0.1, 0.15) is 67.3 Å². The van der Waals surface area contributed by atoms with Crippen molar-refractivity contribution in [3.63, 3.8) is 0 Å². The van der Waals surface area contributed by atoms with E-state index in [1.807, 2.05) is 36.4 Å². The van der Waals surface area contributed by atoms with Gasteiger partial charge in [0.15, 0.2) is 5.60 Å². The molecule has 1 unspecified atom stereocenters. The predicted molar refractivity (Wildman–Crippen MR) is 134 cm³/mol. The molecule has 4 aromatic carbocycles. The first-order chi connectivity index (χ1) is 15.4. The third kappa shape index (κ3) is 3.02. The number of rotatable bonds is 4. The van der Waals surface area contributed by atoms with Gasteiger partial charge in [0.1, 0.15) is 0 Å². The second kappa shape index (κ2) is 7.72. The van der Waals surface area contributed by atoms with Crippen molar-refractivity contribution in [3.05, 3.63) is 113 Å². The third-order valence-corrected chi connectivity index (χ3v) is 6.62. The van der Waals surface area contributed by atoms with Gasteiger partial charge < -0.3 is 5.11 Å². The second-order valence-electron chi connectivity index (χ2n) is 9.34. The van der Waals surface area contributed by atoms with Crippen LogP contribution in [-0.4, -0.2) is 10.8 Å². The topological polar surface area (TPSA) is 32.6 Å². The number of hydrogen-bond donors (Lipinski definition) is 1. The second-order valence-corrected chi connectivity index (χ2v) is 9.34. The number of nitrogens with zero attached hydrogens (tertiary/aromatic N) is 1. The van der Waals surface area contributed by atoms with Gasteiger partial charge in [-0.1, -0.05) is 100 Å². The molecule has 160 valence electrons. The van der Waals surface area contributed by atoms with Crippen LogP contribution >= 0.6 is 0 Å². The van der Waals surface area contributed by atoms with Crippen molar-refractivity contribution >= 4 is 22.2 Å². The zero-order chi connectivity index (χ0) is 22.5. The normalized spacial score (nSPS) is 18.9. The minimum Gasteiger partial charge on any atom is -0.374 e. The smallest absolute Gasteiger partial charge is 0.159 e. The quantitative estimate of drug-likeness (QED) is 0.366. The lowest BCUT2D eigenvalue weighted by Gasteiger charge is -2.33. The van der Waals surface area contributed by atoms with Crippen LogP contribution in [0.2, 0.25) is 0 Å². The monoisotopic (exact) mass is 419 g/mol. The molecule has 0 aromatic heterocycles. The Balaban J connectivity index is 1.93. The first kappa shape index (κ1) is 20.7. The first-order valence-corrected chi connectivity index (χ1v) is 11.5. The maximum atomic E-state index is 12.8. The van der Waals surface area contributed by atoms with E-state index in [2.05, 4.69) is 76.2 Å². The molecule has 0 saturated carbocycles. The Morgan fingerprint density at radius 3 is 1.91 bits per heavy atom. The van der Waals surface area contributed by atoms with Gasteiger partial charge in [0.2, 0.25) is 0 Å². The summed E-state index contributed by atoms with van der Waals surface area (Å²) in [6.45, 7) is 8.79. The molecule has 4 aromatic rings. The molecule has 0 amide bonds. The fourth-order valence-corrected chi connectivity index (χ4v) is 5.16. The zero-order valence-corrected chi connectivity index (χ0v) is 19.1. The summed E-state index contributed by atoms with van der Waals surface area (Å²) in [7, 11) is 0. The largest absolute Gasteiger partial charge is 0.374 e. The van der Waals surface area contributed by atoms with E-state index in [0.717, 1.165) is 33.2 Å². The number of aliphatic imine (C=N–C) groups is 1. The first-order valence-electron chi connectivity index (χ1n) is 11.5. The van der Waals surface area contributed by atoms with E-state index in [0.29, 0.717) is 5.71 Å². The van der Waals surface area contributed by atoms with Gasteiger partial charge in [-0.05, 0) is 45.9 Å². The van der Waals surface area contributed by atoms with E-state index in [4.69, 9.17) is 4.99 Å². The molecule has 0 radical (unpaired) electrons. The van der Waals surface area contributed by atoms with Crippen LogP contribution in [0.15, 0.2) is 89.9 Å². The highest BCUT2D eigenvalue weighted by atomic mass is 16.3. The van der Waals surface area contributed by atoms with Crippen LogP contribution in [0, 0.1) is 0 Å². The standard InChI is InChI=1S/C30H29NO/c1-19(2)23-15-10-16-24(20(3)4)28(23)30(32)26-18-9-12-21-11-8-17-25(27(21)26)29(30)31-22-13-6-5-7-14-22/h5-20,32H,1-4H3/b31-29+. The van der Waals surface area contributed by atoms with Gasteiger partial charge in [-0.15, -0.1) is 0 Å². The Labute approximate surface area is 190 Å². The van der Waals surface area contributed by atoms with Crippen molar-refractivity contribution in [2.75, 3.05) is 0 Å². The average molecular weight is 420 g/mol. The number of hydrogen-bond acceptors (Lipinski definition) is 2. The maximum Gasteiger partial charge on any atom is 0.159 e. The van der Waals surface area contributed by atoms with E-state index in [1.54, 1.807) is 0 Å². The number of benzene rings is 4. The minimum absolute atomic E-state index is 0.272. The average Bonchev–Trinajstić information content (AvgIpc) is 3.04. The zero-order valence-electron chi connectivity index (χ0n) is 19.1. The SMILES string of the molecule is CC(C)c1cccc(C(C)C)c1C1(O)/C(=N/c2ccccc2)c2cccc3cccc1c23. The highest BCUT2D eigenvalue weighted by Crippen LogP contribution is 2.49. The van der Waals surface area contributed by atoms with Gasteiger partial charge >= 0.3 is 0 Å². The molecule has 0 heterocycles. The Hall–Kier alpha value is -3.23. The van der Waals surface area contributed by atoms with Gasteiger partial charge in [-0.3, -0.25) is 0 Å². The molecule has 1 atom stereocenters. The van der Waals surface area contributed by atoms with Crippen LogP contribution in [-0.2, 0) is 5.60 Å². The molecule has 1 N–H and O–H groups in total. The Morgan fingerprint density at radius 1 is 0.688 bits per heavy atom. The molecule has 0 spiro atoms. The Bertz CT molecular complexity index is 1300. The van der Waals surface area contributed by atoms with Crippen molar-refractivity contribution in [1.29, 1.82) is 0 Å². The number of aliphatic hydroxyl groups is 1. The summed E-state index contributed by atoms with van der Waals surface area (Å²) in [6.07, 6.45) is 0. The molecular weight excluding hydrogens is 390 g/mol. The summed E-state index contributed by atoms with van der Waals surface area (Å²) in [6, 6.07) is 28.9. The van der Waals surface area contributed by atoms with Crippen LogP contribution in [0.3, 0.4) is 0 Å². The lowest BCUT2D eigenvalue weighted by molar-refractivity contribution is 0.157. The third-order valence-electron chi connectivity index (χ3n) is 6.62. The van der Waals surface area contributed by atoms with Crippen molar-refractivity contribution in [2.45, 2.75) is 45.1 Å². The lowest BCUT2D eigenvalue weighted by atomic mass is 9.75. The van der Waals surface area contributed by atoms with Crippen molar-refractivity contribution < 1.29 is 5.11 Å². The van der Waals surface area contributed by atoms with Crippen LogP contribution in [0.25, 0.3) is 10.8 Å². The van der Waals surface area contributed by atoms with E-state index < -0.39 is 5.60 Å². The lowest BCUT2D eigenvalue weighted by Crippen LogP contribution is -2.36. The Morgan fingerprint density at radius 2 is 1.28 bits per heavy atom. The van der Waals surface area contributed by atoms with Crippen molar-refractivity contribution in [1.82, 2.24) is 0 Å². The predicted octanol–water partition coefficient (Wildman–Crippen LogP) is 7.46. The minimum atomic E-state index is -1.32. The molecule has 0 aliphatic heterocycles. The van der Waals surface area contributed by atoms with Crippen LogP contribution in [0.4, 0.5) is 5.69 Å².